The molecule has 1 aromatic heterocycles. The summed E-state index contributed by atoms with van der Waals surface area (Å²) in [6.45, 7) is 6.48. The highest BCUT2D eigenvalue weighted by Crippen LogP contribution is 2.35. The molecule has 2 fully saturated rings. The number of carbonyl (C=O) groups excluding carboxylic acids is 1. The van der Waals surface area contributed by atoms with E-state index in [0.717, 1.165) is 37.2 Å². The van der Waals surface area contributed by atoms with Gasteiger partial charge in [-0.2, -0.15) is 23.0 Å². The zero-order valence-electron chi connectivity index (χ0n) is 17.0. The second-order valence-corrected chi connectivity index (χ2v) is 7.98. The van der Waals surface area contributed by atoms with E-state index in [4.69, 9.17) is 0 Å². The second kappa shape index (κ2) is 8.29. The molecule has 162 valence electrons. The molecule has 0 radical (unpaired) electrons. The van der Waals surface area contributed by atoms with Gasteiger partial charge in [0.25, 0.3) is 0 Å². The molecular weight excluding hydrogens is 395 g/mol. The lowest BCUT2D eigenvalue weighted by Gasteiger charge is -2.35. The van der Waals surface area contributed by atoms with E-state index >= 15 is 0 Å². The Morgan fingerprint density at radius 3 is 2.33 bits per heavy atom. The summed E-state index contributed by atoms with van der Waals surface area (Å²) in [5.74, 6) is 0. The van der Waals surface area contributed by atoms with E-state index in [1.54, 1.807) is 23.2 Å². The normalized spacial score (nSPS) is 18.3. The highest BCUT2D eigenvalue weighted by atomic mass is 19.4. The fourth-order valence-electron chi connectivity index (χ4n) is 4.13. The number of nitrogens with zero attached hydrogens (tertiary/aromatic N) is 5. The number of carbonyl (C=O) groups is 1. The summed E-state index contributed by atoms with van der Waals surface area (Å²) in [6, 6.07) is 5.73. The Morgan fingerprint density at radius 1 is 1.03 bits per heavy atom. The van der Waals surface area contributed by atoms with E-state index in [0.29, 0.717) is 38.4 Å². The van der Waals surface area contributed by atoms with Crippen molar-refractivity contribution >= 4 is 11.7 Å². The van der Waals surface area contributed by atoms with E-state index in [1.165, 1.54) is 16.8 Å². The van der Waals surface area contributed by atoms with Crippen molar-refractivity contribution in [2.75, 3.05) is 44.2 Å². The van der Waals surface area contributed by atoms with Crippen molar-refractivity contribution in [2.24, 2.45) is 0 Å². The number of piperazine rings is 1. The third-order valence-electron chi connectivity index (χ3n) is 5.81. The van der Waals surface area contributed by atoms with Crippen molar-refractivity contribution in [1.82, 2.24) is 19.6 Å². The number of halogens is 3. The zero-order chi connectivity index (χ0) is 21.3. The van der Waals surface area contributed by atoms with Gasteiger partial charge in [-0.15, -0.1) is 0 Å². The number of amides is 1. The first-order chi connectivity index (χ1) is 14.3. The maximum Gasteiger partial charge on any atom is 0.416 e. The molecule has 2 aliphatic rings. The fourth-order valence-corrected chi connectivity index (χ4v) is 4.13. The number of aryl methyl sites for hydroxylation is 1. The van der Waals surface area contributed by atoms with Gasteiger partial charge in [-0.05, 0) is 43.5 Å². The molecule has 9 heteroatoms. The highest BCUT2D eigenvalue weighted by molar-refractivity contribution is 5.76. The van der Waals surface area contributed by atoms with Crippen LogP contribution in [0.3, 0.4) is 0 Å². The molecule has 0 aliphatic carbocycles. The molecule has 1 amide bonds. The summed E-state index contributed by atoms with van der Waals surface area (Å²) in [5, 5.41) is 4.17. The Balaban J connectivity index is 1.44. The molecule has 1 aromatic carbocycles. The molecule has 0 saturated carbocycles. The van der Waals surface area contributed by atoms with Gasteiger partial charge in [0.05, 0.1) is 11.3 Å². The number of hydrogen-bond donors (Lipinski definition) is 0. The average molecular weight is 421 g/mol. The van der Waals surface area contributed by atoms with Gasteiger partial charge >= 0.3 is 12.2 Å². The molecule has 2 saturated heterocycles. The Bertz CT molecular complexity index is 896. The molecule has 0 bridgehead atoms. The summed E-state index contributed by atoms with van der Waals surface area (Å²) in [4.78, 5) is 18.5. The predicted molar refractivity (Wildman–Crippen MR) is 107 cm³/mol. The minimum absolute atomic E-state index is 0.143. The first kappa shape index (κ1) is 20.7. The number of hydrogen-bond acceptors (Lipinski definition) is 4. The van der Waals surface area contributed by atoms with E-state index < -0.39 is 11.7 Å². The Hall–Kier alpha value is -2.55. The lowest BCUT2D eigenvalue weighted by Crippen LogP contribution is -2.49. The van der Waals surface area contributed by atoms with Gasteiger partial charge in [-0.25, -0.2) is 4.79 Å². The van der Waals surface area contributed by atoms with Gasteiger partial charge < -0.3 is 9.80 Å². The van der Waals surface area contributed by atoms with Crippen LogP contribution in [0.1, 0.15) is 29.7 Å². The molecule has 0 N–H and O–H groups in total. The Labute approximate surface area is 173 Å². The molecule has 6 nitrogen and oxygen atoms in total. The van der Waals surface area contributed by atoms with Crippen LogP contribution in [0.25, 0.3) is 0 Å². The molecule has 30 heavy (non-hydrogen) atoms. The molecule has 3 heterocycles. The van der Waals surface area contributed by atoms with Crippen LogP contribution in [0.4, 0.5) is 23.7 Å². The van der Waals surface area contributed by atoms with E-state index in [9.17, 15) is 18.0 Å². The Morgan fingerprint density at radius 2 is 1.73 bits per heavy atom. The summed E-state index contributed by atoms with van der Waals surface area (Å²) < 4.78 is 41.0. The molecule has 2 aliphatic heterocycles. The summed E-state index contributed by atoms with van der Waals surface area (Å²) >= 11 is 0. The monoisotopic (exact) mass is 421 g/mol. The molecule has 4 rings (SSSR count). The van der Waals surface area contributed by atoms with Crippen LogP contribution in [0.15, 0.2) is 30.5 Å². The van der Waals surface area contributed by atoms with Crippen LogP contribution in [0, 0.1) is 6.92 Å². The van der Waals surface area contributed by atoms with Crippen molar-refractivity contribution in [2.45, 2.75) is 32.5 Å². The van der Waals surface area contributed by atoms with Gasteiger partial charge in [0.2, 0.25) is 0 Å². The largest absolute Gasteiger partial charge is 0.416 e. The first-order valence-electron chi connectivity index (χ1n) is 10.3. The number of anilines is 1. The van der Waals surface area contributed by atoms with Gasteiger partial charge in [0.15, 0.2) is 0 Å². The lowest BCUT2D eigenvalue weighted by atomic mass is 10.1. The molecule has 0 unspecified atom stereocenters. The molecule has 0 atom stereocenters. The third kappa shape index (κ3) is 4.45. The maximum absolute atomic E-state index is 13.2. The number of alkyl halides is 3. The molecule has 2 aromatic rings. The topological polar surface area (TPSA) is 44.6 Å². The van der Waals surface area contributed by atoms with Gasteiger partial charge in [-0.3, -0.25) is 4.90 Å². The van der Waals surface area contributed by atoms with Gasteiger partial charge in [0, 0.05) is 57.7 Å². The van der Waals surface area contributed by atoms with Gasteiger partial charge in [-0.1, -0.05) is 6.07 Å². The average Bonchev–Trinajstić information content (AvgIpc) is 3.39. The van der Waals surface area contributed by atoms with Crippen LogP contribution in [-0.2, 0) is 12.7 Å². The van der Waals surface area contributed by atoms with Crippen molar-refractivity contribution < 1.29 is 18.0 Å². The van der Waals surface area contributed by atoms with Crippen LogP contribution in [0.5, 0.6) is 0 Å². The number of aromatic nitrogens is 2. The van der Waals surface area contributed by atoms with E-state index in [1.807, 2.05) is 6.92 Å². The fraction of sp³-hybridized carbons (Fsp3) is 0.524. The lowest BCUT2D eigenvalue weighted by molar-refractivity contribution is -0.137. The Kier molecular flexibility index (Phi) is 5.73. The SMILES string of the molecule is Cc1ccn(C(=O)N2CCN(Cc3ccc(C(F)(F)F)cc3N3CCCC3)CC2)n1. The molecular formula is C21H26F3N5O. The van der Waals surface area contributed by atoms with Crippen molar-refractivity contribution in [1.29, 1.82) is 0 Å². The van der Waals surface area contributed by atoms with E-state index in [-0.39, 0.29) is 6.03 Å². The van der Waals surface area contributed by atoms with Crippen LogP contribution in [0.2, 0.25) is 0 Å². The minimum atomic E-state index is -4.34. The summed E-state index contributed by atoms with van der Waals surface area (Å²) in [6.07, 6.45) is -0.675. The van der Waals surface area contributed by atoms with Crippen molar-refractivity contribution in [3.05, 3.63) is 47.3 Å². The summed E-state index contributed by atoms with van der Waals surface area (Å²) in [5.41, 5.74) is 1.79. The molecule has 0 spiro atoms. The van der Waals surface area contributed by atoms with Crippen LogP contribution in [-0.4, -0.2) is 64.9 Å². The number of benzene rings is 1. The quantitative estimate of drug-likeness (QED) is 0.760. The smallest absolute Gasteiger partial charge is 0.371 e. The third-order valence-corrected chi connectivity index (χ3v) is 5.81. The van der Waals surface area contributed by atoms with Crippen LogP contribution < -0.4 is 4.90 Å². The first-order valence-corrected chi connectivity index (χ1v) is 10.3. The van der Waals surface area contributed by atoms with Crippen molar-refractivity contribution in [3.63, 3.8) is 0 Å². The van der Waals surface area contributed by atoms with Gasteiger partial charge in [0.1, 0.15) is 0 Å². The predicted octanol–water partition coefficient (Wildman–Crippen LogP) is 3.60. The minimum Gasteiger partial charge on any atom is -0.371 e. The maximum atomic E-state index is 13.2. The number of rotatable bonds is 3. The van der Waals surface area contributed by atoms with Crippen LogP contribution >= 0.6 is 0 Å². The second-order valence-electron chi connectivity index (χ2n) is 7.98. The zero-order valence-corrected chi connectivity index (χ0v) is 17.0. The van der Waals surface area contributed by atoms with E-state index in [2.05, 4.69) is 14.9 Å². The summed E-state index contributed by atoms with van der Waals surface area (Å²) in [7, 11) is 0. The van der Waals surface area contributed by atoms with Crippen molar-refractivity contribution in [3.8, 4) is 0 Å². The highest BCUT2D eigenvalue weighted by Gasteiger charge is 2.32. The standard InChI is InChI=1S/C21H26F3N5O/c1-16-6-9-29(25-16)20(30)28-12-10-26(11-13-28)15-17-4-5-18(21(22,23)24)14-19(17)27-7-2-3-8-27/h4-6,9,14H,2-3,7-8,10-13,15H2,1H3.